The second-order valence-electron chi connectivity index (χ2n) is 7.61. The average Bonchev–Trinajstić information content (AvgIpc) is 2.61. The van der Waals surface area contributed by atoms with Crippen LogP contribution in [0.2, 0.25) is 0 Å². The number of hydrogen-bond acceptors (Lipinski definition) is 2. The Balaban J connectivity index is 0.000000665. The Hall–Kier alpha value is -2.55. The quantitative estimate of drug-likeness (QED) is 0.353. The summed E-state index contributed by atoms with van der Waals surface area (Å²) >= 11 is 0. The molecule has 1 N–H and O–H groups in total. The lowest BCUT2D eigenvalue weighted by Gasteiger charge is -2.31. The Labute approximate surface area is 177 Å². The van der Waals surface area contributed by atoms with E-state index in [-0.39, 0.29) is 11.6 Å². The van der Waals surface area contributed by atoms with E-state index in [0.717, 1.165) is 35.4 Å². The van der Waals surface area contributed by atoms with Gasteiger partial charge in [-0.1, -0.05) is 56.4 Å². The summed E-state index contributed by atoms with van der Waals surface area (Å²) < 4.78 is 12.9. The maximum Gasteiger partial charge on any atom is 0.123 e. The van der Waals surface area contributed by atoms with E-state index in [2.05, 4.69) is 44.9 Å². The molecule has 0 amide bonds. The normalized spacial score (nSPS) is 12.4. The molecule has 0 bridgehead atoms. The summed E-state index contributed by atoms with van der Waals surface area (Å²) in [7, 11) is 0. The van der Waals surface area contributed by atoms with Crippen LogP contribution in [-0.2, 0) is 6.54 Å². The Morgan fingerprint density at radius 3 is 2.03 bits per heavy atom. The molecule has 29 heavy (non-hydrogen) atoms. The zero-order chi connectivity index (χ0) is 22.6. The molecule has 1 aromatic carbocycles. The topological polar surface area (TPSA) is 23.5 Å². The predicted octanol–water partition coefficient (Wildman–Crippen LogP) is 8.08. The number of rotatable bonds is 8. The summed E-state index contributed by atoms with van der Waals surface area (Å²) in [6.45, 7) is 22.6. The van der Waals surface area contributed by atoms with Crippen molar-refractivity contribution in [2.75, 3.05) is 0 Å². The third-order valence-corrected chi connectivity index (χ3v) is 4.27. The third-order valence-electron chi connectivity index (χ3n) is 4.27. The molecule has 0 saturated carbocycles. The van der Waals surface area contributed by atoms with E-state index in [1.807, 2.05) is 39.8 Å². The Morgan fingerprint density at radius 1 is 1.10 bits per heavy atom. The van der Waals surface area contributed by atoms with Gasteiger partial charge >= 0.3 is 0 Å². The molecule has 1 atom stereocenters. The molecule has 0 aliphatic rings. The van der Waals surface area contributed by atoms with Crippen molar-refractivity contribution >= 4 is 0 Å². The maximum atomic E-state index is 12.9. The molecule has 1 aromatic rings. The highest BCUT2D eigenvalue weighted by molar-refractivity contribution is 5.23. The standard InChI is InChI=1S/C17H24FN.C9H14O/c1-6-14(5)17(7-2)19(13(3)4)12-15-8-10-16(18)11-9-15;1-7(2)5-9(10)6-8(3)4/h7-11,14H,3,6,12H2,1-2,4-5H3;5-6,10H,1H2,2-4H3/b17-7-;9-5+. The highest BCUT2D eigenvalue weighted by Gasteiger charge is 2.15. The van der Waals surface area contributed by atoms with Gasteiger partial charge in [-0.2, -0.15) is 0 Å². The molecule has 0 radical (unpaired) electrons. The van der Waals surface area contributed by atoms with E-state index in [1.165, 1.54) is 17.8 Å². The van der Waals surface area contributed by atoms with Crippen LogP contribution in [0.15, 0.2) is 84.0 Å². The highest BCUT2D eigenvalue weighted by atomic mass is 19.1. The van der Waals surface area contributed by atoms with Crippen molar-refractivity contribution in [1.29, 1.82) is 0 Å². The van der Waals surface area contributed by atoms with Gasteiger partial charge in [-0.3, -0.25) is 0 Å². The zero-order valence-electron chi connectivity index (χ0n) is 19.2. The van der Waals surface area contributed by atoms with Crippen LogP contribution in [0.4, 0.5) is 4.39 Å². The first-order chi connectivity index (χ1) is 13.5. The van der Waals surface area contributed by atoms with Gasteiger partial charge < -0.3 is 10.0 Å². The van der Waals surface area contributed by atoms with Crippen molar-refractivity contribution in [3.8, 4) is 0 Å². The average molecular weight is 400 g/mol. The summed E-state index contributed by atoms with van der Waals surface area (Å²) in [5.74, 6) is 0.563. The number of aliphatic hydroxyl groups excluding tert-OH is 1. The second kappa shape index (κ2) is 13.6. The minimum atomic E-state index is -0.196. The van der Waals surface area contributed by atoms with Gasteiger partial charge in [0, 0.05) is 17.9 Å². The van der Waals surface area contributed by atoms with Crippen LogP contribution in [0, 0.1) is 11.7 Å². The van der Waals surface area contributed by atoms with Crippen molar-refractivity contribution in [2.24, 2.45) is 5.92 Å². The summed E-state index contributed by atoms with van der Waals surface area (Å²) in [6.07, 6.45) is 6.57. The molecule has 0 heterocycles. The van der Waals surface area contributed by atoms with E-state index in [4.69, 9.17) is 5.11 Å². The molecule has 0 saturated heterocycles. The maximum absolute atomic E-state index is 12.9. The van der Waals surface area contributed by atoms with E-state index in [1.54, 1.807) is 12.2 Å². The van der Waals surface area contributed by atoms with Crippen LogP contribution in [-0.4, -0.2) is 10.0 Å². The highest BCUT2D eigenvalue weighted by Crippen LogP contribution is 2.24. The lowest BCUT2D eigenvalue weighted by atomic mass is 10.0. The first kappa shape index (κ1) is 26.5. The fourth-order valence-corrected chi connectivity index (χ4v) is 2.72. The lowest BCUT2D eigenvalue weighted by Crippen LogP contribution is -2.24. The van der Waals surface area contributed by atoms with Gasteiger partial charge in [-0.05, 0) is 76.8 Å². The molecule has 0 aliphatic heterocycles. The predicted molar refractivity (Wildman–Crippen MR) is 125 cm³/mol. The van der Waals surface area contributed by atoms with Crippen molar-refractivity contribution in [2.45, 2.75) is 61.4 Å². The molecule has 160 valence electrons. The number of allylic oxidation sites excluding steroid dienone is 7. The second-order valence-corrected chi connectivity index (χ2v) is 7.61. The van der Waals surface area contributed by atoms with Crippen LogP contribution < -0.4 is 0 Å². The largest absolute Gasteiger partial charge is 0.508 e. The summed E-state index contributed by atoms with van der Waals surface area (Å²) in [5.41, 5.74) is 5.31. The Kier molecular flexibility index (Phi) is 12.4. The SMILES string of the molecule is C=C(C)/C=C(/O)C=C(C)C.C=C(C)N(Cc1ccc(F)cc1)/C(=C\C)C(C)CC. The molecule has 0 aliphatic carbocycles. The third kappa shape index (κ3) is 11.1. The van der Waals surface area contributed by atoms with E-state index in [0.29, 0.717) is 5.92 Å². The van der Waals surface area contributed by atoms with Gasteiger partial charge in [0.05, 0.1) is 0 Å². The molecule has 0 aromatic heterocycles. The van der Waals surface area contributed by atoms with E-state index >= 15 is 0 Å². The van der Waals surface area contributed by atoms with Gasteiger partial charge in [-0.25, -0.2) is 4.39 Å². The van der Waals surface area contributed by atoms with Crippen molar-refractivity contribution in [3.63, 3.8) is 0 Å². The fourth-order valence-electron chi connectivity index (χ4n) is 2.72. The number of nitrogens with zero attached hydrogens (tertiary/aromatic N) is 1. The van der Waals surface area contributed by atoms with Gasteiger partial charge in [0.2, 0.25) is 0 Å². The fraction of sp³-hybridized carbons (Fsp3) is 0.385. The Bertz CT molecular complexity index is 749. The number of hydrogen-bond donors (Lipinski definition) is 1. The molecule has 1 unspecified atom stereocenters. The Morgan fingerprint density at radius 2 is 1.66 bits per heavy atom. The number of aliphatic hydroxyl groups is 1. The van der Waals surface area contributed by atoms with Crippen LogP contribution in [0.25, 0.3) is 0 Å². The first-order valence-electron chi connectivity index (χ1n) is 10.1. The molecule has 1 rings (SSSR count). The summed E-state index contributed by atoms with van der Waals surface area (Å²) in [5, 5.41) is 9.11. The molecular formula is C26H38FNO. The lowest BCUT2D eigenvalue weighted by molar-refractivity contribution is 0.364. The molecule has 0 fully saturated rings. The van der Waals surface area contributed by atoms with Crippen molar-refractivity contribution in [3.05, 3.63) is 95.3 Å². The van der Waals surface area contributed by atoms with Crippen molar-refractivity contribution in [1.82, 2.24) is 4.90 Å². The minimum Gasteiger partial charge on any atom is -0.508 e. The van der Waals surface area contributed by atoms with Gasteiger partial charge in [0.25, 0.3) is 0 Å². The smallest absolute Gasteiger partial charge is 0.123 e. The molecule has 2 nitrogen and oxygen atoms in total. The summed E-state index contributed by atoms with van der Waals surface area (Å²) in [6, 6.07) is 6.67. The monoisotopic (exact) mass is 399 g/mol. The number of halogens is 1. The van der Waals surface area contributed by atoms with Crippen LogP contribution in [0.1, 0.15) is 60.5 Å². The number of benzene rings is 1. The van der Waals surface area contributed by atoms with Crippen LogP contribution >= 0.6 is 0 Å². The molecular weight excluding hydrogens is 361 g/mol. The van der Waals surface area contributed by atoms with Crippen LogP contribution in [0.5, 0.6) is 0 Å². The van der Waals surface area contributed by atoms with Gasteiger partial charge in [0.15, 0.2) is 0 Å². The van der Waals surface area contributed by atoms with Crippen LogP contribution in [0.3, 0.4) is 0 Å². The minimum absolute atomic E-state index is 0.196. The molecule has 3 heteroatoms. The van der Waals surface area contributed by atoms with Gasteiger partial charge in [-0.15, -0.1) is 0 Å². The van der Waals surface area contributed by atoms with E-state index in [9.17, 15) is 4.39 Å². The van der Waals surface area contributed by atoms with Crippen molar-refractivity contribution < 1.29 is 9.50 Å². The van der Waals surface area contributed by atoms with Gasteiger partial charge in [0.1, 0.15) is 11.6 Å². The first-order valence-corrected chi connectivity index (χ1v) is 10.1. The zero-order valence-corrected chi connectivity index (χ0v) is 19.2. The van der Waals surface area contributed by atoms with E-state index < -0.39 is 0 Å². The summed E-state index contributed by atoms with van der Waals surface area (Å²) in [4.78, 5) is 2.21. The molecule has 0 spiro atoms.